The summed E-state index contributed by atoms with van der Waals surface area (Å²) >= 11 is 0. The van der Waals surface area contributed by atoms with Gasteiger partial charge in [-0.05, 0) is 31.2 Å². The molecule has 0 bridgehead atoms. The number of hydrogen-bond donors (Lipinski definition) is 2. The number of carbonyl (C=O) groups excluding carboxylic acids is 2. The van der Waals surface area contributed by atoms with E-state index in [9.17, 15) is 14.0 Å². The highest BCUT2D eigenvalue weighted by molar-refractivity contribution is 5.98. The van der Waals surface area contributed by atoms with Gasteiger partial charge in [-0.1, -0.05) is 0 Å². The summed E-state index contributed by atoms with van der Waals surface area (Å²) in [5.74, 6) is -0.885. The smallest absolute Gasteiger partial charge is 0.220 e. The molecular weight excluding hydrogens is 361 g/mol. The molecule has 26 heavy (non-hydrogen) atoms. The lowest BCUT2D eigenvalue weighted by Gasteiger charge is -2.27. The van der Waals surface area contributed by atoms with E-state index in [1.54, 1.807) is 0 Å². The van der Waals surface area contributed by atoms with E-state index in [1.165, 1.54) is 19.2 Å². The number of ether oxygens (including phenoxy) is 1. The Kier molecular flexibility index (Phi) is 10.2. The van der Waals surface area contributed by atoms with Gasteiger partial charge >= 0.3 is 0 Å². The zero-order valence-electron chi connectivity index (χ0n) is 15.1. The molecule has 0 saturated carbocycles. The van der Waals surface area contributed by atoms with Gasteiger partial charge < -0.3 is 20.3 Å². The first-order chi connectivity index (χ1) is 12.1. The van der Waals surface area contributed by atoms with Crippen molar-refractivity contribution in [3.05, 3.63) is 29.6 Å². The van der Waals surface area contributed by atoms with Gasteiger partial charge in [-0.15, -0.1) is 12.4 Å². The molecular formula is C18H27ClFN3O3. The molecule has 1 heterocycles. The first-order valence-corrected chi connectivity index (χ1v) is 8.66. The van der Waals surface area contributed by atoms with E-state index in [-0.39, 0.29) is 48.3 Å². The summed E-state index contributed by atoms with van der Waals surface area (Å²) in [6.45, 7) is 5.68. The van der Waals surface area contributed by atoms with Crippen molar-refractivity contribution < 1.29 is 18.7 Å². The topological polar surface area (TPSA) is 70.7 Å². The zero-order valence-corrected chi connectivity index (χ0v) is 15.9. The molecule has 1 saturated heterocycles. The summed E-state index contributed by atoms with van der Waals surface area (Å²) < 4.78 is 18.4. The summed E-state index contributed by atoms with van der Waals surface area (Å²) in [6.07, 6.45) is 1.07. The molecule has 1 aromatic rings. The number of benzene rings is 1. The van der Waals surface area contributed by atoms with Gasteiger partial charge in [0.1, 0.15) is 0 Å². The number of carbonyl (C=O) groups is 2. The van der Waals surface area contributed by atoms with E-state index < -0.39 is 5.82 Å². The highest BCUT2D eigenvalue weighted by Gasteiger charge is 2.13. The molecule has 2 N–H and O–H groups in total. The predicted octanol–water partition coefficient (Wildman–Crippen LogP) is 1.63. The summed E-state index contributed by atoms with van der Waals surface area (Å²) in [6, 6.07) is 4.07. The van der Waals surface area contributed by atoms with Crippen molar-refractivity contribution in [2.24, 2.45) is 0 Å². The van der Waals surface area contributed by atoms with Crippen LogP contribution in [0.1, 0.15) is 29.6 Å². The third kappa shape index (κ3) is 7.27. The van der Waals surface area contributed by atoms with Crippen LogP contribution in [0.3, 0.4) is 0 Å². The van der Waals surface area contributed by atoms with Gasteiger partial charge in [0, 0.05) is 51.1 Å². The summed E-state index contributed by atoms with van der Waals surface area (Å²) in [5, 5.41) is 6.13. The number of amides is 1. The fourth-order valence-electron chi connectivity index (χ4n) is 2.76. The number of nitrogens with one attached hydrogen (secondary N) is 2. The highest BCUT2D eigenvalue weighted by atomic mass is 35.5. The van der Waals surface area contributed by atoms with E-state index in [1.807, 2.05) is 0 Å². The normalized spacial score (nSPS) is 14.4. The van der Waals surface area contributed by atoms with Crippen molar-refractivity contribution >= 4 is 24.1 Å². The second-order valence-corrected chi connectivity index (χ2v) is 6.07. The summed E-state index contributed by atoms with van der Waals surface area (Å²) in [7, 11) is 1.37. The Morgan fingerprint density at radius 3 is 2.65 bits per heavy atom. The van der Waals surface area contributed by atoms with Crippen LogP contribution < -0.4 is 15.4 Å². The SMILES string of the molecule is COc1ccc(C(=O)CCC(=O)NCCCN2CCNCC2)cc1F.Cl. The largest absolute Gasteiger partial charge is 0.494 e. The van der Waals surface area contributed by atoms with Gasteiger partial charge in [0.15, 0.2) is 17.3 Å². The summed E-state index contributed by atoms with van der Waals surface area (Å²) in [5.41, 5.74) is 0.254. The molecule has 1 aliphatic heterocycles. The maximum Gasteiger partial charge on any atom is 0.220 e. The van der Waals surface area contributed by atoms with Gasteiger partial charge in [-0.2, -0.15) is 0 Å². The Hall–Kier alpha value is -1.70. The van der Waals surface area contributed by atoms with Gasteiger partial charge in [-0.3, -0.25) is 9.59 Å². The number of ketones is 1. The Balaban J connectivity index is 0.00000338. The number of Topliss-reactive ketones (excluding diaryl/α,β-unsaturated/α-hetero) is 1. The molecule has 0 aliphatic carbocycles. The lowest BCUT2D eigenvalue weighted by molar-refractivity contribution is -0.121. The first-order valence-electron chi connectivity index (χ1n) is 8.66. The minimum atomic E-state index is -0.578. The van der Waals surface area contributed by atoms with Crippen LogP contribution in [-0.4, -0.2) is 63.0 Å². The van der Waals surface area contributed by atoms with Gasteiger partial charge in [0.2, 0.25) is 5.91 Å². The van der Waals surface area contributed by atoms with Crippen molar-refractivity contribution in [1.82, 2.24) is 15.5 Å². The molecule has 0 unspecified atom stereocenters. The molecule has 1 fully saturated rings. The number of rotatable bonds is 9. The van der Waals surface area contributed by atoms with Crippen LogP contribution in [0.5, 0.6) is 5.75 Å². The van der Waals surface area contributed by atoms with Crippen LogP contribution in [0.4, 0.5) is 4.39 Å². The Morgan fingerprint density at radius 1 is 1.27 bits per heavy atom. The van der Waals surface area contributed by atoms with E-state index in [0.29, 0.717) is 6.54 Å². The Bertz CT molecular complexity index is 595. The number of hydrogen-bond acceptors (Lipinski definition) is 5. The lowest BCUT2D eigenvalue weighted by Crippen LogP contribution is -2.44. The number of halogens is 2. The predicted molar refractivity (Wildman–Crippen MR) is 101 cm³/mol. The van der Waals surface area contributed by atoms with Crippen LogP contribution in [0.2, 0.25) is 0 Å². The maximum atomic E-state index is 13.6. The van der Waals surface area contributed by atoms with Crippen LogP contribution in [-0.2, 0) is 4.79 Å². The fourth-order valence-corrected chi connectivity index (χ4v) is 2.76. The van der Waals surface area contributed by atoms with Crippen LogP contribution >= 0.6 is 12.4 Å². The number of piperazine rings is 1. The van der Waals surface area contributed by atoms with E-state index in [2.05, 4.69) is 15.5 Å². The fraction of sp³-hybridized carbons (Fsp3) is 0.556. The van der Waals surface area contributed by atoms with Crippen molar-refractivity contribution in [3.63, 3.8) is 0 Å². The minimum absolute atomic E-state index is 0. The molecule has 8 heteroatoms. The van der Waals surface area contributed by atoms with Crippen molar-refractivity contribution in [1.29, 1.82) is 0 Å². The summed E-state index contributed by atoms with van der Waals surface area (Å²) in [4.78, 5) is 26.2. The van der Waals surface area contributed by atoms with E-state index in [4.69, 9.17) is 4.74 Å². The van der Waals surface area contributed by atoms with Gasteiger partial charge in [-0.25, -0.2) is 4.39 Å². The third-order valence-corrected chi connectivity index (χ3v) is 4.24. The average molecular weight is 388 g/mol. The molecule has 2 rings (SSSR count). The van der Waals surface area contributed by atoms with Crippen molar-refractivity contribution in [3.8, 4) is 5.75 Å². The first kappa shape index (κ1) is 22.3. The number of methoxy groups -OCH3 is 1. The molecule has 1 aromatic carbocycles. The second-order valence-electron chi connectivity index (χ2n) is 6.07. The molecule has 1 amide bonds. The van der Waals surface area contributed by atoms with Crippen molar-refractivity contribution in [2.45, 2.75) is 19.3 Å². The standard InChI is InChI=1S/C18H26FN3O3.ClH/c1-25-17-5-3-14(13-15(17)19)16(23)4-6-18(24)21-7-2-10-22-11-8-20-9-12-22;/h3,5,13,20H,2,4,6-12H2,1H3,(H,21,24);1H. The zero-order chi connectivity index (χ0) is 18.1. The lowest BCUT2D eigenvalue weighted by atomic mass is 10.1. The highest BCUT2D eigenvalue weighted by Crippen LogP contribution is 2.18. The molecule has 0 spiro atoms. The molecule has 6 nitrogen and oxygen atoms in total. The molecule has 0 radical (unpaired) electrons. The monoisotopic (exact) mass is 387 g/mol. The minimum Gasteiger partial charge on any atom is -0.494 e. The molecule has 0 atom stereocenters. The maximum absolute atomic E-state index is 13.6. The quantitative estimate of drug-likeness (QED) is 0.498. The number of nitrogens with zero attached hydrogens (tertiary/aromatic N) is 1. The third-order valence-electron chi connectivity index (χ3n) is 4.24. The molecule has 0 aromatic heterocycles. The van der Waals surface area contributed by atoms with Gasteiger partial charge in [0.25, 0.3) is 0 Å². The van der Waals surface area contributed by atoms with E-state index >= 15 is 0 Å². The average Bonchev–Trinajstić information content (AvgIpc) is 2.64. The van der Waals surface area contributed by atoms with Crippen LogP contribution in [0, 0.1) is 5.82 Å². The molecule has 1 aliphatic rings. The second kappa shape index (κ2) is 11.8. The van der Waals surface area contributed by atoms with E-state index in [0.717, 1.165) is 45.2 Å². The Morgan fingerprint density at radius 2 is 2.00 bits per heavy atom. The van der Waals surface area contributed by atoms with Gasteiger partial charge in [0.05, 0.1) is 7.11 Å². The Labute approximate surface area is 159 Å². The van der Waals surface area contributed by atoms with Crippen LogP contribution in [0.25, 0.3) is 0 Å². The van der Waals surface area contributed by atoms with Crippen molar-refractivity contribution in [2.75, 3.05) is 46.4 Å². The molecule has 146 valence electrons. The van der Waals surface area contributed by atoms with Crippen LogP contribution in [0.15, 0.2) is 18.2 Å².